The molecule has 1 amide bonds. The van der Waals surface area contributed by atoms with Crippen molar-refractivity contribution in [1.82, 2.24) is 20.4 Å². The molecule has 0 aliphatic heterocycles. The third-order valence-corrected chi connectivity index (χ3v) is 4.59. The Morgan fingerprint density at radius 1 is 1.21 bits per heavy atom. The van der Waals surface area contributed by atoms with E-state index in [0.717, 1.165) is 12.2 Å². The van der Waals surface area contributed by atoms with Gasteiger partial charge >= 0.3 is 0 Å². The molecule has 0 bridgehead atoms. The van der Waals surface area contributed by atoms with Gasteiger partial charge in [-0.15, -0.1) is 0 Å². The Morgan fingerprint density at radius 3 is 2.76 bits per heavy atom. The first-order valence-electron chi connectivity index (χ1n) is 9.58. The van der Waals surface area contributed by atoms with Crippen LogP contribution in [-0.2, 0) is 17.8 Å². The van der Waals surface area contributed by atoms with E-state index in [4.69, 9.17) is 9.26 Å². The molecule has 8 heteroatoms. The van der Waals surface area contributed by atoms with Gasteiger partial charge in [0.05, 0.1) is 6.61 Å². The maximum Gasteiger partial charge on any atom is 0.227 e. The SMILES string of the molecule is O=C(CCc1nc(-c2ccc(F)cc2)no1)NCc1ccc(OCC2CC2)nc1. The van der Waals surface area contributed by atoms with E-state index in [0.29, 0.717) is 42.0 Å². The minimum Gasteiger partial charge on any atom is -0.477 e. The van der Waals surface area contributed by atoms with E-state index in [2.05, 4.69) is 20.4 Å². The smallest absolute Gasteiger partial charge is 0.227 e. The molecule has 3 aromatic rings. The fraction of sp³-hybridized carbons (Fsp3) is 0.333. The minimum atomic E-state index is -0.329. The topological polar surface area (TPSA) is 90.1 Å². The molecule has 2 aromatic heterocycles. The van der Waals surface area contributed by atoms with Crippen LogP contribution in [0.1, 0.15) is 30.7 Å². The van der Waals surface area contributed by atoms with Crippen LogP contribution in [0.3, 0.4) is 0 Å². The van der Waals surface area contributed by atoms with Crippen LogP contribution >= 0.6 is 0 Å². The highest BCUT2D eigenvalue weighted by atomic mass is 19.1. The number of ether oxygens (including phenoxy) is 1. The summed E-state index contributed by atoms with van der Waals surface area (Å²) in [5.41, 5.74) is 1.55. The number of nitrogens with zero attached hydrogens (tertiary/aromatic N) is 3. The number of carbonyl (C=O) groups is 1. The average molecular weight is 396 g/mol. The molecule has 1 N–H and O–H groups in total. The summed E-state index contributed by atoms with van der Waals surface area (Å²) in [6.07, 6.45) is 4.73. The first kappa shape index (κ1) is 19.0. The highest BCUT2D eigenvalue weighted by molar-refractivity contribution is 5.76. The first-order chi connectivity index (χ1) is 14.2. The molecule has 1 aromatic carbocycles. The van der Waals surface area contributed by atoms with Gasteiger partial charge in [-0.1, -0.05) is 11.2 Å². The van der Waals surface area contributed by atoms with Crippen LogP contribution in [0.2, 0.25) is 0 Å². The van der Waals surface area contributed by atoms with Gasteiger partial charge in [-0.2, -0.15) is 4.98 Å². The lowest BCUT2D eigenvalue weighted by molar-refractivity contribution is -0.121. The number of hydrogen-bond acceptors (Lipinski definition) is 6. The van der Waals surface area contributed by atoms with Crippen molar-refractivity contribution in [2.24, 2.45) is 5.92 Å². The summed E-state index contributed by atoms with van der Waals surface area (Å²) in [5, 5.41) is 6.71. The van der Waals surface area contributed by atoms with Crippen molar-refractivity contribution >= 4 is 5.91 Å². The van der Waals surface area contributed by atoms with E-state index in [9.17, 15) is 9.18 Å². The number of benzene rings is 1. The van der Waals surface area contributed by atoms with Gasteiger partial charge in [0, 0.05) is 37.2 Å². The van der Waals surface area contributed by atoms with Gasteiger partial charge in [0.25, 0.3) is 0 Å². The summed E-state index contributed by atoms with van der Waals surface area (Å²) in [6, 6.07) is 9.53. The minimum absolute atomic E-state index is 0.124. The lowest BCUT2D eigenvalue weighted by Gasteiger charge is -2.06. The molecule has 1 saturated carbocycles. The molecule has 7 nitrogen and oxygen atoms in total. The monoisotopic (exact) mass is 396 g/mol. The Morgan fingerprint density at radius 2 is 2.03 bits per heavy atom. The third kappa shape index (κ3) is 5.60. The molecular weight excluding hydrogens is 375 g/mol. The Bertz CT molecular complexity index is 953. The maximum atomic E-state index is 13.0. The van der Waals surface area contributed by atoms with Gasteiger partial charge in [-0.25, -0.2) is 9.37 Å². The highest BCUT2D eigenvalue weighted by Crippen LogP contribution is 2.29. The molecule has 0 atom stereocenters. The quantitative estimate of drug-likeness (QED) is 0.597. The zero-order chi connectivity index (χ0) is 20.1. The molecule has 0 spiro atoms. The number of rotatable bonds is 9. The Hall–Kier alpha value is -3.29. The molecule has 29 heavy (non-hydrogen) atoms. The van der Waals surface area contributed by atoms with Crippen molar-refractivity contribution in [2.75, 3.05) is 6.61 Å². The fourth-order valence-corrected chi connectivity index (χ4v) is 2.67. The van der Waals surface area contributed by atoms with E-state index >= 15 is 0 Å². The second kappa shape index (κ2) is 8.81. The number of aromatic nitrogens is 3. The number of hydrogen-bond donors (Lipinski definition) is 1. The van der Waals surface area contributed by atoms with E-state index in [1.54, 1.807) is 18.3 Å². The molecule has 0 radical (unpaired) electrons. The van der Waals surface area contributed by atoms with Gasteiger partial charge < -0.3 is 14.6 Å². The third-order valence-electron chi connectivity index (χ3n) is 4.59. The van der Waals surface area contributed by atoms with Crippen LogP contribution in [0.25, 0.3) is 11.4 Å². The van der Waals surface area contributed by atoms with Crippen LogP contribution in [-0.4, -0.2) is 27.6 Å². The summed E-state index contributed by atoms with van der Waals surface area (Å²) in [6.45, 7) is 1.11. The van der Waals surface area contributed by atoms with E-state index in [1.165, 1.54) is 25.0 Å². The Labute approximate surface area is 167 Å². The molecule has 1 fully saturated rings. The van der Waals surface area contributed by atoms with Gasteiger partial charge in [0.2, 0.25) is 23.5 Å². The number of halogens is 1. The predicted octanol–water partition coefficient (Wildman–Crippen LogP) is 3.31. The lowest BCUT2D eigenvalue weighted by Crippen LogP contribution is -2.23. The Kier molecular flexibility index (Phi) is 5.79. The van der Waals surface area contributed by atoms with Gasteiger partial charge in [0.1, 0.15) is 5.82 Å². The molecule has 2 heterocycles. The summed E-state index contributed by atoms with van der Waals surface area (Å²) < 4.78 is 23.7. The number of amides is 1. The molecule has 1 aliphatic carbocycles. The molecule has 1 aliphatic rings. The van der Waals surface area contributed by atoms with Gasteiger partial charge in [-0.05, 0) is 48.6 Å². The van der Waals surface area contributed by atoms with E-state index < -0.39 is 0 Å². The summed E-state index contributed by atoms with van der Waals surface area (Å²) in [7, 11) is 0. The summed E-state index contributed by atoms with van der Waals surface area (Å²) in [4.78, 5) is 20.6. The Balaban J connectivity index is 1.20. The van der Waals surface area contributed by atoms with Crippen molar-refractivity contribution in [2.45, 2.75) is 32.2 Å². The van der Waals surface area contributed by atoms with Crippen molar-refractivity contribution < 1.29 is 18.4 Å². The second-order valence-corrected chi connectivity index (χ2v) is 7.05. The lowest BCUT2D eigenvalue weighted by atomic mass is 10.2. The number of nitrogens with one attached hydrogen (secondary N) is 1. The largest absolute Gasteiger partial charge is 0.477 e. The van der Waals surface area contributed by atoms with Crippen LogP contribution in [0.15, 0.2) is 47.1 Å². The molecule has 4 rings (SSSR count). The molecule has 0 saturated heterocycles. The van der Waals surface area contributed by atoms with Crippen LogP contribution in [0, 0.1) is 11.7 Å². The summed E-state index contributed by atoms with van der Waals surface area (Å²) in [5.74, 6) is 1.57. The standard InChI is InChI=1S/C21H21FN4O3/c22-17-6-4-16(5-7-17)21-25-20(29-26-21)10-8-18(27)23-11-15-3-9-19(24-12-15)28-13-14-1-2-14/h3-7,9,12,14H,1-2,8,10-11,13H2,(H,23,27). The molecule has 0 unspecified atom stereocenters. The maximum absolute atomic E-state index is 13.0. The van der Waals surface area contributed by atoms with E-state index in [-0.39, 0.29) is 18.1 Å². The first-order valence-corrected chi connectivity index (χ1v) is 9.58. The predicted molar refractivity (Wildman–Crippen MR) is 102 cm³/mol. The fourth-order valence-electron chi connectivity index (χ4n) is 2.67. The van der Waals surface area contributed by atoms with Crippen molar-refractivity contribution in [3.05, 3.63) is 59.9 Å². The number of pyridine rings is 1. The van der Waals surface area contributed by atoms with Gasteiger partial charge in [0.15, 0.2) is 0 Å². The summed E-state index contributed by atoms with van der Waals surface area (Å²) >= 11 is 0. The van der Waals surface area contributed by atoms with Crippen LogP contribution in [0.4, 0.5) is 4.39 Å². The van der Waals surface area contributed by atoms with Crippen molar-refractivity contribution in [3.8, 4) is 17.3 Å². The highest BCUT2D eigenvalue weighted by Gasteiger charge is 2.22. The second-order valence-electron chi connectivity index (χ2n) is 7.05. The van der Waals surface area contributed by atoms with Gasteiger partial charge in [-0.3, -0.25) is 4.79 Å². The normalized spacial score (nSPS) is 13.3. The number of carbonyl (C=O) groups excluding carboxylic acids is 1. The number of aryl methyl sites for hydroxylation is 1. The zero-order valence-corrected chi connectivity index (χ0v) is 15.8. The van der Waals surface area contributed by atoms with Crippen LogP contribution < -0.4 is 10.1 Å². The molecule has 150 valence electrons. The average Bonchev–Trinajstić information content (AvgIpc) is 3.46. The zero-order valence-electron chi connectivity index (χ0n) is 15.8. The van der Waals surface area contributed by atoms with Crippen molar-refractivity contribution in [1.29, 1.82) is 0 Å². The van der Waals surface area contributed by atoms with Crippen molar-refractivity contribution in [3.63, 3.8) is 0 Å². The van der Waals surface area contributed by atoms with E-state index in [1.807, 2.05) is 12.1 Å². The molecular formula is C21H21FN4O3. The van der Waals surface area contributed by atoms with Crippen LogP contribution in [0.5, 0.6) is 5.88 Å².